The molecule has 0 fully saturated rings. The summed E-state index contributed by atoms with van der Waals surface area (Å²) in [4.78, 5) is 27.3. The minimum atomic E-state index is -4.53. The molecule has 5 nitrogen and oxygen atoms in total. The zero-order valence-electron chi connectivity index (χ0n) is 17.4. The molecule has 0 saturated carbocycles. The standard InChI is InChI=1S/C23H22F3NO4/c1-22(2,3)20(29)17-18(13-6-5-7-16(12-13)31-4)27(21(30)19(17)28)15-10-8-14(9-11-15)23(24,25)26/h5-12,18,28H,1-4H3. The summed E-state index contributed by atoms with van der Waals surface area (Å²) >= 11 is 0. The predicted octanol–water partition coefficient (Wildman–Crippen LogP) is 5.23. The first-order valence-corrected chi connectivity index (χ1v) is 9.49. The van der Waals surface area contributed by atoms with Crippen LogP contribution in [0.5, 0.6) is 5.75 Å². The van der Waals surface area contributed by atoms with Crippen molar-refractivity contribution < 1.29 is 32.6 Å². The Balaban J connectivity index is 2.18. The molecule has 0 radical (unpaired) electrons. The summed E-state index contributed by atoms with van der Waals surface area (Å²) in [6, 6.07) is 9.59. The molecular formula is C23H22F3NO4. The molecule has 1 aliphatic heterocycles. The third-order valence-electron chi connectivity index (χ3n) is 5.02. The van der Waals surface area contributed by atoms with E-state index in [0.717, 1.165) is 29.2 Å². The van der Waals surface area contributed by atoms with E-state index in [0.29, 0.717) is 11.3 Å². The number of carbonyl (C=O) groups is 2. The number of halogens is 3. The van der Waals surface area contributed by atoms with Gasteiger partial charge in [-0.3, -0.25) is 14.5 Å². The first-order chi connectivity index (χ1) is 14.4. The van der Waals surface area contributed by atoms with Gasteiger partial charge < -0.3 is 9.84 Å². The number of Topliss-reactive ketones (excluding diaryl/α,β-unsaturated/α-hetero) is 1. The number of amides is 1. The Kier molecular flexibility index (Phi) is 5.60. The van der Waals surface area contributed by atoms with Crippen LogP contribution < -0.4 is 9.64 Å². The van der Waals surface area contributed by atoms with Gasteiger partial charge in [0.05, 0.1) is 24.3 Å². The van der Waals surface area contributed by atoms with Crippen molar-refractivity contribution in [1.29, 1.82) is 0 Å². The van der Waals surface area contributed by atoms with Crippen LogP contribution in [0, 0.1) is 5.41 Å². The van der Waals surface area contributed by atoms with Gasteiger partial charge in [0.25, 0.3) is 5.91 Å². The molecule has 1 heterocycles. The highest BCUT2D eigenvalue weighted by Crippen LogP contribution is 2.44. The van der Waals surface area contributed by atoms with Crippen LogP contribution in [0.2, 0.25) is 0 Å². The van der Waals surface area contributed by atoms with E-state index < -0.39 is 40.6 Å². The molecule has 31 heavy (non-hydrogen) atoms. The van der Waals surface area contributed by atoms with E-state index in [2.05, 4.69) is 0 Å². The third-order valence-corrected chi connectivity index (χ3v) is 5.02. The number of alkyl halides is 3. The van der Waals surface area contributed by atoms with Crippen molar-refractivity contribution in [2.45, 2.75) is 33.0 Å². The number of nitrogens with zero attached hydrogens (tertiary/aromatic N) is 1. The first-order valence-electron chi connectivity index (χ1n) is 9.49. The SMILES string of the molecule is COc1cccc(C2C(C(=O)C(C)(C)C)=C(O)C(=O)N2c2ccc(C(F)(F)F)cc2)c1. The number of ether oxygens (including phenoxy) is 1. The summed E-state index contributed by atoms with van der Waals surface area (Å²) in [5, 5.41) is 10.6. The number of hydrogen-bond acceptors (Lipinski definition) is 4. The number of aliphatic hydroxyl groups excluding tert-OH is 1. The largest absolute Gasteiger partial charge is 0.503 e. The number of ketones is 1. The molecule has 2 aromatic carbocycles. The van der Waals surface area contributed by atoms with Gasteiger partial charge in [-0.05, 0) is 42.0 Å². The molecule has 0 bridgehead atoms. The molecule has 1 aliphatic rings. The maximum Gasteiger partial charge on any atom is 0.416 e. The summed E-state index contributed by atoms with van der Waals surface area (Å²) in [7, 11) is 1.46. The quantitative estimate of drug-likeness (QED) is 0.717. The van der Waals surface area contributed by atoms with Crippen LogP contribution in [0.15, 0.2) is 59.9 Å². The average Bonchev–Trinajstić information content (AvgIpc) is 2.97. The van der Waals surface area contributed by atoms with Crippen molar-refractivity contribution in [3.8, 4) is 5.75 Å². The van der Waals surface area contributed by atoms with Crippen LogP contribution >= 0.6 is 0 Å². The number of methoxy groups -OCH3 is 1. The van der Waals surface area contributed by atoms with Gasteiger partial charge in [0.15, 0.2) is 11.5 Å². The minimum absolute atomic E-state index is 0.106. The van der Waals surface area contributed by atoms with E-state index in [9.17, 15) is 27.9 Å². The molecule has 0 aromatic heterocycles. The molecule has 2 aromatic rings. The van der Waals surface area contributed by atoms with Gasteiger partial charge in [-0.15, -0.1) is 0 Å². The Morgan fingerprint density at radius 1 is 1.06 bits per heavy atom. The third kappa shape index (κ3) is 4.15. The smallest absolute Gasteiger partial charge is 0.416 e. The minimum Gasteiger partial charge on any atom is -0.503 e. The number of benzene rings is 2. The monoisotopic (exact) mass is 433 g/mol. The Hall–Kier alpha value is -3.29. The molecule has 1 atom stereocenters. The number of anilines is 1. The van der Waals surface area contributed by atoms with Crippen molar-refractivity contribution in [3.63, 3.8) is 0 Å². The zero-order valence-corrected chi connectivity index (χ0v) is 17.4. The van der Waals surface area contributed by atoms with Crippen molar-refractivity contribution >= 4 is 17.4 Å². The summed E-state index contributed by atoms with van der Waals surface area (Å²) in [6.07, 6.45) is -4.53. The molecule has 0 aliphatic carbocycles. The van der Waals surface area contributed by atoms with Crippen molar-refractivity contribution in [3.05, 3.63) is 71.0 Å². The second kappa shape index (κ2) is 7.76. The van der Waals surface area contributed by atoms with Gasteiger partial charge >= 0.3 is 6.18 Å². The van der Waals surface area contributed by atoms with Gasteiger partial charge in [-0.25, -0.2) is 0 Å². The maximum absolute atomic E-state index is 13.1. The van der Waals surface area contributed by atoms with Gasteiger partial charge in [0.2, 0.25) is 0 Å². The molecule has 164 valence electrons. The molecule has 3 rings (SSSR count). The normalized spacial score (nSPS) is 17.3. The fourth-order valence-corrected chi connectivity index (χ4v) is 3.45. The van der Waals surface area contributed by atoms with Crippen molar-refractivity contribution in [2.75, 3.05) is 12.0 Å². The molecule has 0 saturated heterocycles. The molecule has 1 unspecified atom stereocenters. The molecule has 0 spiro atoms. The second-order valence-corrected chi connectivity index (χ2v) is 8.24. The second-order valence-electron chi connectivity index (χ2n) is 8.24. The highest BCUT2D eigenvalue weighted by molar-refractivity contribution is 6.17. The van der Waals surface area contributed by atoms with Gasteiger partial charge in [-0.2, -0.15) is 13.2 Å². The number of hydrogen-bond donors (Lipinski definition) is 1. The predicted molar refractivity (Wildman–Crippen MR) is 109 cm³/mol. The Bertz CT molecular complexity index is 1050. The molecule has 1 amide bonds. The van der Waals surface area contributed by atoms with Gasteiger partial charge in [-0.1, -0.05) is 32.9 Å². The van der Waals surface area contributed by atoms with Crippen molar-refractivity contribution in [1.82, 2.24) is 0 Å². The molecule has 8 heteroatoms. The van der Waals surface area contributed by atoms with Crippen LogP contribution in [-0.2, 0) is 15.8 Å². The Morgan fingerprint density at radius 3 is 2.19 bits per heavy atom. The number of rotatable bonds is 4. The van der Waals surface area contributed by atoms with E-state index in [-0.39, 0.29) is 11.3 Å². The lowest BCUT2D eigenvalue weighted by molar-refractivity contribution is -0.137. The Labute approximate surface area is 177 Å². The van der Waals surface area contributed by atoms with Crippen LogP contribution in [0.1, 0.15) is 37.9 Å². The Morgan fingerprint density at radius 2 is 1.68 bits per heavy atom. The maximum atomic E-state index is 13.1. The lowest BCUT2D eigenvalue weighted by Crippen LogP contribution is -2.32. The summed E-state index contributed by atoms with van der Waals surface area (Å²) in [5.74, 6) is -1.56. The highest BCUT2D eigenvalue weighted by Gasteiger charge is 2.47. The fourth-order valence-electron chi connectivity index (χ4n) is 3.45. The van der Waals surface area contributed by atoms with Crippen LogP contribution in [0.3, 0.4) is 0 Å². The number of aliphatic hydroxyl groups is 1. The highest BCUT2D eigenvalue weighted by atomic mass is 19.4. The lowest BCUT2D eigenvalue weighted by atomic mass is 9.82. The van der Waals surface area contributed by atoms with E-state index >= 15 is 0 Å². The van der Waals surface area contributed by atoms with E-state index in [1.807, 2.05) is 0 Å². The molecule has 1 N–H and O–H groups in total. The van der Waals surface area contributed by atoms with Crippen LogP contribution in [0.25, 0.3) is 0 Å². The van der Waals surface area contributed by atoms with Crippen LogP contribution in [-0.4, -0.2) is 23.9 Å². The van der Waals surface area contributed by atoms with Gasteiger partial charge in [0, 0.05) is 11.1 Å². The van der Waals surface area contributed by atoms with Gasteiger partial charge in [0.1, 0.15) is 5.75 Å². The zero-order chi connectivity index (χ0) is 23.1. The fraction of sp³-hybridized carbons (Fsp3) is 0.304. The summed E-state index contributed by atoms with van der Waals surface area (Å²) in [6.45, 7) is 4.97. The van der Waals surface area contributed by atoms with Crippen LogP contribution in [0.4, 0.5) is 18.9 Å². The lowest BCUT2D eigenvalue weighted by Gasteiger charge is -2.29. The number of carbonyl (C=O) groups excluding carboxylic acids is 2. The van der Waals surface area contributed by atoms with Crippen molar-refractivity contribution in [2.24, 2.45) is 5.41 Å². The first kappa shape index (κ1) is 22.4. The average molecular weight is 433 g/mol. The summed E-state index contributed by atoms with van der Waals surface area (Å²) < 4.78 is 44.2. The van der Waals surface area contributed by atoms with E-state index in [1.165, 1.54) is 7.11 Å². The van der Waals surface area contributed by atoms with E-state index in [1.54, 1.807) is 45.0 Å². The molecular weight excluding hydrogens is 411 g/mol. The topological polar surface area (TPSA) is 66.8 Å². The van der Waals surface area contributed by atoms with E-state index in [4.69, 9.17) is 4.74 Å². The summed E-state index contributed by atoms with van der Waals surface area (Å²) in [5.41, 5.74) is -1.29.